The van der Waals surface area contributed by atoms with E-state index in [2.05, 4.69) is 25.8 Å². The molecule has 0 aromatic carbocycles. The van der Waals surface area contributed by atoms with E-state index in [9.17, 15) is 0 Å². The molecule has 1 aliphatic rings. The molecule has 0 spiro atoms. The molecule has 2 nitrogen and oxygen atoms in total. The molecule has 1 atom stereocenters. The lowest BCUT2D eigenvalue weighted by Crippen LogP contribution is -2.44. The minimum atomic E-state index is 0.540. The Bertz CT molecular complexity index is 150. The lowest BCUT2D eigenvalue weighted by molar-refractivity contribution is 0.129. The largest absolute Gasteiger partial charge is 0.329 e. The average Bonchev–Trinajstić information content (AvgIpc) is 2.27. The highest BCUT2D eigenvalue weighted by atomic mass is 15.2. The molecule has 0 bridgehead atoms. The van der Waals surface area contributed by atoms with Crippen LogP contribution in [0.15, 0.2) is 0 Å². The van der Waals surface area contributed by atoms with Crippen molar-refractivity contribution in [2.75, 3.05) is 13.6 Å². The van der Waals surface area contributed by atoms with Crippen LogP contribution in [0.25, 0.3) is 0 Å². The van der Waals surface area contributed by atoms with Crippen LogP contribution in [0.4, 0.5) is 0 Å². The molecule has 0 heterocycles. The first-order valence-electron chi connectivity index (χ1n) is 6.11. The van der Waals surface area contributed by atoms with Crippen LogP contribution in [0.3, 0.4) is 0 Å². The molecule has 84 valence electrons. The van der Waals surface area contributed by atoms with E-state index in [-0.39, 0.29) is 0 Å². The fraction of sp³-hybridized carbons (Fsp3) is 1.00. The monoisotopic (exact) mass is 198 g/mol. The van der Waals surface area contributed by atoms with Gasteiger partial charge in [0.15, 0.2) is 0 Å². The highest BCUT2D eigenvalue weighted by Crippen LogP contribution is 2.29. The smallest absolute Gasteiger partial charge is 0.0190 e. The Morgan fingerprint density at radius 3 is 2.29 bits per heavy atom. The van der Waals surface area contributed by atoms with E-state index >= 15 is 0 Å². The van der Waals surface area contributed by atoms with Crippen LogP contribution in [0.1, 0.15) is 46.0 Å². The Labute approximate surface area is 88.8 Å². The Hall–Kier alpha value is -0.0800. The number of likely N-dealkylation sites (N-methyl/N-ethyl adjacent to an activating group) is 1. The number of rotatable bonds is 4. The molecule has 2 N–H and O–H groups in total. The van der Waals surface area contributed by atoms with Crippen molar-refractivity contribution in [3.63, 3.8) is 0 Å². The minimum absolute atomic E-state index is 0.540. The summed E-state index contributed by atoms with van der Waals surface area (Å²) < 4.78 is 0. The van der Waals surface area contributed by atoms with Crippen molar-refractivity contribution in [2.24, 2.45) is 11.7 Å². The van der Waals surface area contributed by atoms with Crippen molar-refractivity contribution in [1.82, 2.24) is 4.90 Å². The van der Waals surface area contributed by atoms with E-state index < -0.39 is 0 Å². The van der Waals surface area contributed by atoms with E-state index in [0.29, 0.717) is 6.04 Å². The highest BCUT2D eigenvalue weighted by molar-refractivity contribution is 4.80. The van der Waals surface area contributed by atoms with Crippen molar-refractivity contribution < 1.29 is 0 Å². The summed E-state index contributed by atoms with van der Waals surface area (Å²) in [5, 5.41) is 0. The van der Waals surface area contributed by atoms with E-state index in [1.54, 1.807) is 0 Å². The maximum absolute atomic E-state index is 5.69. The second-order valence-electron chi connectivity index (χ2n) is 4.83. The lowest BCUT2D eigenvalue weighted by atomic mass is 9.84. The molecule has 0 radical (unpaired) electrons. The Balaban J connectivity index is 2.33. The van der Waals surface area contributed by atoms with E-state index in [1.807, 2.05) is 0 Å². The maximum Gasteiger partial charge on any atom is 0.0190 e. The van der Waals surface area contributed by atoms with Crippen molar-refractivity contribution >= 4 is 0 Å². The summed E-state index contributed by atoms with van der Waals surface area (Å²) in [6, 6.07) is 1.33. The predicted molar refractivity (Wildman–Crippen MR) is 62.3 cm³/mol. The van der Waals surface area contributed by atoms with Gasteiger partial charge in [0, 0.05) is 18.6 Å². The van der Waals surface area contributed by atoms with E-state index in [0.717, 1.165) is 18.5 Å². The van der Waals surface area contributed by atoms with Gasteiger partial charge >= 0.3 is 0 Å². The van der Waals surface area contributed by atoms with Crippen molar-refractivity contribution in [1.29, 1.82) is 0 Å². The number of nitrogens with two attached hydrogens (primary N) is 1. The van der Waals surface area contributed by atoms with Gasteiger partial charge in [-0.2, -0.15) is 0 Å². The average molecular weight is 198 g/mol. The van der Waals surface area contributed by atoms with E-state index in [1.165, 1.54) is 32.1 Å². The van der Waals surface area contributed by atoms with Gasteiger partial charge in [-0.15, -0.1) is 0 Å². The number of nitrogens with zero attached hydrogens (tertiary/aromatic N) is 1. The zero-order valence-electron chi connectivity index (χ0n) is 10.00. The molecule has 0 aliphatic heterocycles. The van der Waals surface area contributed by atoms with Crippen molar-refractivity contribution in [2.45, 2.75) is 58.0 Å². The van der Waals surface area contributed by atoms with Crippen LogP contribution < -0.4 is 5.73 Å². The SMILES string of the molecule is CCC1CCC(N(C)C(C)CN)CC1. The molecule has 14 heavy (non-hydrogen) atoms. The van der Waals surface area contributed by atoms with Crippen LogP contribution in [0.2, 0.25) is 0 Å². The lowest BCUT2D eigenvalue weighted by Gasteiger charge is -2.37. The molecule has 1 rings (SSSR count). The molecule has 0 amide bonds. The normalized spacial score (nSPS) is 30.6. The summed E-state index contributed by atoms with van der Waals surface area (Å²) in [5.74, 6) is 0.993. The van der Waals surface area contributed by atoms with Gasteiger partial charge in [0.1, 0.15) is 0 Å². The molecule has 2 heteroatoms. The van der Waals surface area contributed by atoms with Crippen molar-refractivity contribution in [3.05, 3.63) is 0 Å². The van der Waals surface area contributed by atoms with Crippen LogP contribution >= 0.6 is 0 Å². The summed E-state index contributed by atoms with van der Waals surface area (Å²) >= 11 is 0. The third-order valence-corrected chi connectivity index (χ3v) is 4.01. The topological polar surface area (TPSA) is 29.3 Å². The van der Waals surface area contributed by atoms with Crippen LogP contribution in [0, 0.1) is 5.92 Å². The first-order chi connectivity index (χ1) is 6.69. The van der Waals surface area contributed by atoms with E-state index in [4.69, 9.17) is 5.73 Å². The second kappa shape index (κ2) is 5.72. The Morgan fingerprint density at radius 1 is 1.29 bits per heavy atom. The quantitative estimate of drug-likeness (QED) is 0.750. The predicted octanol–water partition coefficient (Wildman–Crippen LogP) is 2.23. The molecular formula is C12H26N2. The second-order valence-corrected chi connectivity index (χ2v) is 4.83. The van der Waals surface area contributed by atoms with Gasteiger partial charge in [0.2, 0.25) is 0 Å². The third-order valence-electron chi connectivity index (χ3n) is 4.01. The van der Waals surface area contributed by atoms with Crippen LogP contribution in [0.5, 0.6) is 0 Å². The van der Waals surface area contributed by atoms with Crippen LogP contribution in [-0.4, -0.2) is 30.6 Å². The first-order valence-corrected chi connectivity index (χ1v) is 6.11. The van der Waals surface area contributed by atoms with Crippen molar-refractivity contribution in [3.8, 4) is 0 Å². The number of hydrogen-bond donors (Lipinski definition) is 1. The Kier molecular flexibility index (Phi) is 4.90. The summed E-state index contributed by atoms with van der Waals surface area (Å²) in [6.07, 6.45) is 6.95. The highest BCUT2D eigenvalue weighted by Gasteiger charge is 2.24. The summed E-state index contributed by atoms with van der Waals surface area (Å²) in [7, 11) is 2.23. The molecular weight excluding hydrogens is 172 g/mol. The summed E-state index contributed by atoms with van der Waals surface area (Å²) in [5.41, 5.74) is 5.69. The maximum atomic E-state index is 5.69. The standard InChI is InChI=1S/C12H26N2/c1-4-11-5-7-12(8-6-11)14(3)10(2)9-13/h10-12H,4-9,13H2,1-3H3. The molecule has 1 fully saturated rings. The zero-order chi connectivity index (χ0) is 10.6. The van der Waals surface area contributed by atoms with Gasteiger partial charge in [-0.3, -0.25) is 4.90 Å². The third kappa shape index (κ3) is 2.96. The van der Waals surface area contributed by atoms with Crippen LogP contribution in [-0.2, 0) is 0 Å². The molecule has 0 aromatic heterocycles. The van der Waals surface area contributed by atoms with Gasteiger partial charge in [0.05, 0.1) is 0 Å². The van der Waals surface area contributed by atoms with Gasteiger partial charge < -0.3 is 5.73 Å². The zero-order valence-corrected chi connectivity index (χ0v) is 10.00. The van der Waals surface area contributed by atoms with Gasteiger partial charge in [-0.25, -0.2) is 0 Å². The number of hydrogen-bond acceptors (Lipinski definition) is 2. The summed E-state index contributed by atoms with van der Waals surface area (Å²) in [6.45, 7) is 5.33. The van der Waals surface area contributed by atoms with Gasteiger partial charge in [-0.05, 0) is 45.6 Å². The molecule has 1 aliphatic carbocycles. The van der Waals surface area contributed by atoms with Gasteiger partial charge in [0.25, 0.3) is 0 Å². The summed E-state index contributed by atoms with van der Waals surface area (Å²) in [4.78, 5) is 2.48. The molecule has 1 unspecified atom stereocenters. The molecule has 1 saturated carbocycles. The molecule has 0 aromatic rings. The molecule has 0 saturated heterocycles. The first kappa shape index (κ1) is 12.0. The fourth-order valence-electron chi connectivity index (χ4n) is 2.49. The fourth-order valence-corrected chi connectivity index (χ4v) is 2.49. The Morgan fingerprint density at radius 2 is 1.86 bits per heavy atom. The van der Waals surface area contributed by atoms with Gasteiger partial charge in [-0.1, -0.05) is 13.3 Å². The minimum Gasteiger partial charge on any atom is -0.329 e.